The fourth-order valence-corrected chi connectivity index (χ4v) is 2.32. The summed E-state index contributed by atoms with van der Waals surface area (Å²) in [4.78, 5) is 25.9. The van der Waals surface area contributed by atoms with E-state index in [1.165, 1.54) is 7.11 Å². The maximum absolute atomic E-state index is 11.9. The molecule has 0 radical (unpaired) electrons. The molecular formula is C15H29N3O4. The number of nitrogens with one attached hydrogen (secondary N) is 2. The highest BCUT2D eigenvalue weighted by Gasteiger charge is 2.26. The molecule has 0 aromatic carbocycles. The van der Waals surface area contributed by atoms with Crippen molar-refractivity contribution in [1.29, 1.82) is 0 Å². The molecule has 0 aliphatic carbocycles. The zero-order valence-corrected chi connectivity index (χ0v) is 13.9. The summed E-state index contributed by atoms with van der Waals surface area (Å²) in [6.07, 6.45) is 1.66. The van der Waals surface area contributed by atoms with Gasteiger partial charge in [-0.3, -0.25) is 4.90 Å². The van der Waals surface area contributed by atoms with Crippen LogP contribution in [0.5, 0.6) is 0 Å². The number of ether oxygens (including phenoxy) is 2. The zero-order valence-electron chi connectivity index (χ0n) is 13.9. The minimum absolute atomic E-state index is 0.0338. The van der Waals surface area contributed by atoms with Crippen LogP contribution < -0.4 is 10.6 Å². The first kappa shape index (κ1) is 18.7. The molecule has 0 saturated carbocycles. The number of hydrogen-bond donors (Lipinski definition) is 2. The molecule has 0 unspecified atom stereocenters. The van der Waals surface area contributed by atoms with Crippen molar-refractivity contribution in [3.63, 3.8) is 0 Å². The molecule has 1 heterocycles. The van der Waals surface area contributed by atoms with E-state index in [1.54, 1.807) is 0 Å². The maximum atomic E-state index is 11.9. The van der Waals surface area contributed by atoms with Crippen molar-refractivity contribution in [2.45, 2.75) is 32.7 Å². The molecule has 7 heteroatoms. The Morgan fingerprint density at radius 3 is 2.59 bits per heavy atom. The van der Waals surface area contributed by atoms with Crippen molar-refractivity contribution >= 4 is 12.0 Å². The van der Waals surface area contributed by atoms with Gasteiger partial charge in [0.05, 0.1) is 20.3 Å². The molecule has 2 atom stereocenters. The summed E-state index contributed by atoms with van der Waals surface area (Å²) in [5.41, 5.74) is 0. The Morgan fingerprint density at radius 1 is 1.32 bits per heavy atom. The molecule has 0 aromatic heterocycles. The van der Waals surface area contributed by atoms with E-state index < -0.39 is 12.0 Å². The number of nitrogens with zero attached hydrogens (tertiary/aromatic N) is 1. The van der Waals surface area contributed by atoms with E-state index in [-0.39, 0.29) is 11.9 Å². The summed E-state index contributed by atoms with van der Waals surface area (Å²) < 4.78 is 10.0. The maximum Gasteiger partial charge on any atom is 0.328 e. The second-order valence-corrected chi connectivity index (χ2v) is 5.59. The Bertz CT molecular complexity index is 346. The number of hydrogen-bond acceptors (Lipinski definition) is 5. The van der Waals surface area contributed by atoms with Gasteiger partial charge < -0.3 is 20.1 Å². The van der Waals surface area contributed by atoms with Gasteiger partial charge in [0.2, 0.25) is 0 Å². The number of amides is 2. The van der Waals surface area contributed by atoms with Crippen LogP contribution in [0.1, 0.15) is 26.7 Å². The molecule has 22 heavy (non-hydrogen) atoms. The number of carbonyl (C=O) groups excluding carboxylic acids is 2. The van der Waals surface area contributed by atoms with Gasteiger partial charge in [-0.2, -0.15) is 0 Å². The second-order valence-electron chi connectivity index (χ2n) is 5.59. The molecule has 1 fully saturated rings. The summed E-state index contributed by atoms with van der Waals surface area (Å²) in [7, 11) is 1.33. The van der Waals surface area contributed by atoms with Gasteiger partial charge in [-0.1, -0.05) is 20.3 Å². The van der Waals surface area contributed by atoms with Crippen LogP contribution in [0.15, 0.2) is 0 Å². The lowest BCUT2D eigenvalue weighted by Crippen LogP contribution is -2.50. The van der Waals surface area contributed by atoms with Crippen LogP contribution in [-0.4, -0.2) is 69.4 Å². The van der Waals surface area contributed by atoms with E-state index in [4.69, 9.17) is 9.47 Å². The number of esters is 1. The highest BCUT2D eigenvalue weighted by Crippen LogP contribution is 2.09. The molecule has 2 N–H and O–H groups in total. The molecule has 128 valence electrons. The Morgan fingerprint density at radius 2 is 2.00 bits per heavy atom. The number of carbonyl (C=O) groups is 2. The first-order chi connectivity index (χ1) is 10.6. The third-order valence-electron chi connectivity index (χ3n) is 4.00. The van der Waals surface area contributed by atoms with Crippen molar-refractivity contribution in [3.8, 4) is 0 Å². The van der Waals surface area contributed by atoms with Crippen LogP contribution in [-0.2, 0) is 14.3 Å². The predicted molar refractivity (Wildman–Crippen MR) is 83.7 cm³/mol. The van der Waals surface area contributed by atoms with Crippen LogP contribution in [0.4, 0.5) is 4.79 Å². The second kappa shape index (κ2) is 10.4. The van der Waals surface area contributed by atoms with Crippen LogP contribution in [0.2, 0.25) is 0 Å². The average molecular weight is 315 g/mol. The smallest absolute Gasteiger partial charge is 0.328 e. The summed E-state index contributed by atoms with van der Waals surface area (Å²) in [5, 5.41) is 5.49. The standard InChI is InChI=1S/C15H29N3O4/c1-4-12(2)13(14(19)21-3)17-15(20)16-6-5-7-18-8-10-22-11-9-18/h12-13H,4-11H2,1-3H3,(H2,16,17,20)/t12-,13-/m0/s1. The van der Waals surface area contributed by atoms with Crippen LogP contribution in [0, 0.1) is 5.92 Å². The Balaban J connectivity index is 2.23. The molecular weight excluding hydrogens is 286 g/mol. The summed E-state index contributed by atoms with van der Waals surface area (Å²) in [5.74, 6) is -0.371. The van der Waals surface area contributed by atoms with Gasteiger partial charge >= 0.3 is 12.0 Å². The van der Waals surface area contributed by atoms with E-state index in [0.29, 0.717) is 6.54 Å². The number of rotatable bonds is 8. The lowest BCUT2D eigenvalue weighted by Gasteiger charge is -2.26. The van der Waals surface area contributed by atoms with Gasteiger partial charge in [0, 0.05) is 19.6 Å². The molecule has 1 aliphatic heterocycles. The zero-order chi connectivity index (χ0) is 16.4. The van der Waals surface area contributed by atoms with Crippen LogP contribution in [0.3, 0.4) is 0 Å². The number of morpholine rings is 1. The van der Waals surface area contributed by atoms with Gasteiger partial charge in [0.15, 0.2) is 0 Å². The van der Waals surface area contributed by atoms with Crippen LogP contribution >= 0.6 is 0 Å². The van der Waals surface area contributed by atoms with E-state index in [0.717, 1.165) is 45.7 Å². The quantitative estimate of drug-likeness (QED) is 0.506. The fourth-order valence-electron chi connectivity index (χ4n) is 2.32. The summed E-state index contributed by atoms with van der Waals surface area (Å²) in [6, 6.07) is -0.924. The minimum atomic E-state index is -0.603. The van der Waals surface area contributed by atoms with Crippen molar-refractivity contribution < 1.29 is 19.1 Å². The number of urea groups is 1. The molecule has 2 amide bonds. The molecule has 1 aliphatic rings. The summed E-state index contributed by atoms with van der Waals surface area (Å²) in [6.45, 7) is 8.87. The van der Waals surface area contributed by atoms with Crippen LogP contribution in [0.25, 0.3) is 0 Å². The Hall–Kier alpha value is -1.34. The molecule has 0 aromatic rings. The largest absolute Gasteiger partial charge is 0.467 e. The van der Waals surface area contributed by atoms with Gasteiger partial charge in [-0.05, 0) is 18.9 Å². The predicted octanol–water partition coefficient (Wildman–Crippen LogP) is 0.596. The first-order valence-electron chi connectivity index (χ1n) is 8.00. The monoisotopic (exact) mass is 315 g/mol. The van der Waals surface area contributed by atoms with E-state index in [2.05, 4.69) is 15.5 Å². The normalized spacial score (nSPS) is 18.3. The van der Waals surface area contributed by atoms with E-state index >= 15 is 0 Å². The first-order valence-corrected chi connectivity index (χ1v) is 8.00. The van der Waals surface area contributed by atoms with Crippen molar-refractivity contribution in [1.82, 2.24) is 15.5 Å². The van der Waals surface area contributed by atoms with Gasteiger partial charge in [-0.25, -0.2) is 9.59 Å². The molecule has 1 saturated heterocycles. The fraction of sp³-hybridized carbons (Fsp3) is 0.867. The average Bonchev–Trinajstić information content (AvgIpc) is 2.56. The molecule has 0 bridgehead atoms. The van der Waals surface area contributed by atoms with Gasteiger partial charge in [0.25, 0.3) is 0 Å². The van der Waals surface area contributed by atoms with Crippen molar-refractivity contribution in [2.24, 2.45) is 5.92 Å². The Kier molecular flexibility index (Phi) is 8.84. The molecule has 7 nitrogen and oxygen atoms in total. The van der Waals surface area contributed by atoms with E-state index in [9.17, 15) is 9.59 Å². The third kappa shape index (κ3) is 6.62. The molecule has 1 rings (SSSR count). The Labute approximate surface area is 132 Å². The molecule has 0 spiro atoms. The van der Waals surface area contributed by atoms with E-state index in [1.807, 2.05) is 13.8 Å². The number of methoxy groups -OCH3 is 1. The highest BCUT2D eigenvalue weighted by atomic mass is 16.5. The highest BCUT2D eigenvalue weighted by molar-refractivity contribution is 5.83. The topological polar surface area (TPSA) is 79.9 Å². The van der Waals surface area contributed by atoms with Gasteiger partial charge in [-0.15, -0.1) is 0 Å². The van der Waals surface area contributed by atoms with Gasteiger partial charge in [0.1, 0.15) is 6.04 Å². The van der Waals surface area contributed by atoms with Crippen molar-refractivity contribution in [2.75, 3.05) is 46.5 Å². The lowest BCUT2D eigenvalue weighted by atomic mass is 9.99. The van der Waals surface area contributed by atoms with Crippen molar-refractivity contribution in [3.05, 3.63) is 0 Å². The minimum Gasteiger partial charge on any atom is -0.467 e. The summed E-state index contributed by atoms with van der Waals surface area (Å²) >= 11 is 0. The SMILES string of the molecule is CC[C@H](C)[C@H](NC(=O)NCCCN1CCOCC1)C(=O)OC. The third-order valence-corrected chi connectivity index (χ3v) is 4.00. The lowest BCUT2D eigenvalue weighted by molar-refractivity contribution is -0.144.